The summed E-state index contributed by atoms with van der Waals surface area (Å²) >= 11 is 0. The molecule has 22 heavy (non-hydrogen) atoms. The molecule has 0 amide bonds. The van der Waals surface area contributed by atoms with Crippen LogP contribution in [0.5, 0.6) is 0 Å². The fourth-order valence-electron chi connectivity index (χ4n) is 0.957. The second-order valence-corrected chi connectivity index (χ2v) is 3.44. The van der Waals surface area contributed by atoms with Crippen LogP contribution in [0.2, 0.25) is 0 Å². The first-order chi connectivity index (χ1) is 9.20. The maximum atomic E-state index is 10.8. The molecule has 0 heterocycles. The van der Waals surface area contributed by atoms with E-state index >= 15 is 0 Å². The number of nitrogens with zero attached hydrogens (tertiary/aromatic N) is 2. The zero-order valence-corrected chi connectivity index (χ0v) is 18.6. The van der Waals surface area contributed by atoms with Gasteiger partial charge < -0.3 is 19.4 Å². The van der Waals surface area contributed by atoms with Crippen LogP contribution in [0.4, 0.5) is 0 Å². The van der Waals surface area contributed by atoms with Gasteiger partial charge >= 0.3 is 23.9 Å². The number of rotatable bonds is 7. The molecule has 0 saturated heterocycles. The summed E-state index contributed by atoms with van der Waals surface area (Å²) in [7, 11) is 0. The average molecular weight is 371 g/mol. The Labute approximate surface area is 199 Å². The van der Waals surface area contributed by atoms with E-state index in [-0.39, 0.29) is 102 Å². The van der Waals surface area contributed by atoms with Gasteiger partial charge in [0.15, 0.2) is 0 Å². The SMILES string of the molecule is CC(=O)ON(CCN(OC(C)=O)OC(C)=O)OC(C)=O.[Ca].[K]. The second kappa shape index (κ2) is 15.2. The number of hydrogen-bond donors (Lipinski definition) is 0. The van der Waals surface area contributed by atoms with Crippen LogP contribution in [0, 0.1) is 0 Å². The molecule has 0 aromatic carbocycles. The number of carbonyl (C=O) groups excluding carboxylic acids is 4. The van der Waals surface area contributed by atoms with E-state index in [1.54, 1.807) is 0 Å². The van der Waals surface area contributed by atoms with E-state index in [1.165, 1.54) is 0 Å². The summed E-state index contributed by atoms with van der Waals surface area (Å²) in [4.78, 5) is 61.4. The van der Waals surface area contributed by atoms with E-state index in [0.29, 0.717) is 10.5 Å². The minimum absolute atomic E-state index is 0. The van der Waals surface area contributed by atoms with Gasteiger partial charge in [-0.1, -0.05) is 0 Å². The van der Waals surface area contributed by atoms with Crippen LogP contribution in [-0.2, 0) is 38.5 Å². The van der Waals surface area contributed by atoms with E-state index in [9.17, 15) is 19.2 Å². The Morgan fingerprint density at radius 3 is 0.955 bits per heavy atom. The first-order valence-electron chi connectivity index (χ1n) is 5.50. The Hall–Kier alpha value is 0.696. The normalized spacial score (nSPS) is 9.18. The predicted molar refractivity (Wildman–Crippen MR) is 72.0 cm³/mol. The molecule has 3 radical (unpaired) electrons. The van der Waals surface area contributed by atoms with E-state index in [1.807, 2.05) is 0 Å². The summed E-state index contributed by atoms with van der Waals surface area (Å²) in [5, 5.41) is 1.15. The number of carbonyl (C=O) groups is 4. The van der Waals surface area contributed by atoms with E-state index in [4.69, 9.17) is 0 Å². The van der Waals surface area contributed by atoms with Crippen molar-refractivity contribution < 1.29 is 38.5 Å². The fourth-order valence-corrected chi connectivity index (χ4v) is 0.957. The maximum Gasteiger partial charge on any atom is 0.326 e. The minimum Gasteiger partial charge on any atom is -0.333 e. The molecule has 0 aromatic rings. The molecule has 0 saturated carbocycles. The quantitative estimate of drug-likeness (QED) is 0.397. The van der Waals surface area contributed by atoms with Gasteiger partial charge in [0, 0.05) is 127 Å². The zero-order chi connectivity index (χ0) is 15.7. The van der Waals surface area contributed by atoms with Crippen molar-refractivity contribution in [2.75, 3.05) is 13.1 Å². The number of hydrogen-bond acceptors (Lipinski definition) is 10. The van der Waals surface area contributed by atoms with Crippen molar-refractivity contribution in [3.63, 3.8) is 0 Å². The Morgan fingerprint density at radius 1 is 0.636 bits per heavy atom. The summed E-state index contributed by atoms with van der Waals surface area (Å²) < 4.78 is 0. The van der Waals surface area contributed by atoms with Crippen molar-refractivity contribution in [2.45, 2.75) is 27.7 Å². The van der Waals surface area contributed by atoms with Crippen LogP contribution in [0.1, 0.15) is 27.7 Å². The minimum atomic E-state index is -0.724. The molecule has 12 heteroatoms. The summed E-state index contributed by atoms with van der Waals surface area (Å²) in [6.07, 6.45) is 0. The molecule has 0 aliphatic rings. The van der Waals surface area contributed by atoms with Crippen molar-refractivity contribution in [3.05, 3.63) is 0 Å². The monoisotopic (exact) mass is 371 g/mol. The molecule has 0 fully saturated rings. The van der Waals surface area contributed by atoms with Gasteiger partial charge in [0.1, 0.15) is 0 Å². The van der Waals surface area contributed by atoms with E-state index in [0.717, 1.165) is 27.7 Å². The fraction of sp³-hybridized carbons (Fsp3) is 0.600. The van der Waals surface area contributed by atoms with Gasteiger partial charge in [-0.3, -0.25) is 19.2 Å². The summed E-state index contributed by atoms with van der Waals surface area (Å²) in [6.45, 7) is 3.97. The molecule has 0 N–H and O–H groups in total. The average Bonchev–Trinajstić information content (AvgIpc) is 2.22. The van der Waals surface area contributed by atoms with Gasteiger partial charge in [-0.15, -0.1) is 0 Å². The molecule has 0 rings (SSSR count). The van der Waals surface area contributed by atoms with E-state index in [2.05, 4.69) is 19.4 Å². The van der Waals surface area contributed by atoms with Crippen LogP contribution in [0.25, 0.3) is 0 Å². The van der Waals surface area contributed by atoms with Gasteiger partial charge in [0.2, 0.25) is 0 Å². The van der Waals surface area contributed by atoms with Gasteiger partial charge in [0.05, 0.1) is 13.1 Å². The zero-order valence-electron chi connectivity index (χ0n) is 13.3. The molecule has 0 aliphatic heterocycles. The summed E-state index contributed by atoms with van der Waals surface area (Å²) in [6, 6.07) is 0. The second-order valence-electron chi connectivity index (χ2n) is 3.44. The Morgan fingerprint density at radius 2 is 0.818 bits per heavy atom. The third kappa shape index (κ3) is 17.1. The molecule has 0 unspecified atom stereocenters. The van der Waals surface area contributed by atoms with Crippen molar-refractivity contribution in [3.8, 4) is 0 Å². The molecule has 0 spiro atoms. The summed E-state index contributed by atoms with van der Waals surface area (Å²) in [5.74, 6) is -2.90. The first kappa shape index (κ1) is 27.5. The van der Waals surface area contributed by atoms with Crippen molar-refractivity contribution >= 4 is 113 Å². The maximum absolute atomic E-state index is 10.8. The molecule has 0 atom stereocenters. The molecular formula is C10H16CaKN2O8. The molecule has 0 aliphatic carbocycles. The topological polar surface area (TPSA) is 112 Å². The van der Waals surface area contributed by atoms with Crippen LogP contribution >= 0.6 is 0 Å². The third-order valence-corrected chi connectivity index (χ3v) is 1.39. The van der Waals surface area contributed by atoms with Crippen LogP contribution in [-0.4, -0.2) is 137 Å². The third-order valence-electron chi connectivity index (χ3n) is 1.39. The van der Waals surface area contributed by atoms with Gasteiger partial charge in [-0.2, -0.15) is 0 Å². The van der Waals surface area contributed by atoms with Crippen LogP contribution in [0.3, 0.4) is 0 Å². The smallest absolute Gasteiger partial charge is 0.326 e. The van der Waals surface area contributed by atoms with Crippen molar-refractivity contribution in [1.82, 2.24) is 10.5 Å². The standard InChI is InChI=1S/C10H16N2O8.Ca.K/c1-7(13)17-11(18-8(2)14)5-6-12(19-9(3)15)20-10(4)16;;/h5-6H2,1-4H3;;. The molecule has 0 bridgehead atoms. The molecule has 117 valence electrons. The number of hydroxylamine groups is 4. The first-order valence-corrected chi connectivity index (χ1v) is 5.50. The Kier molecular flexibility index (Phi) is 19.1. The van der Waals surface area contributed by atoms with Crippen LogP contribution < -0.4 is 0 Å². The molecule has 10 nitrogen and oxygen atoms in total. The van der Waals surface area contributed by atoms with Gasteiger partial charge in [-0.25, -0.2) is 0 Å². The van der Waals surface area contributed by atoms with Crippen molar-refractivity contribution in [1.29, 1.82) is 0 Å². The van der Waals surface area contributed by atoms with Crippen molar-refractivity contribution in [2.24, 2.45) is 0 Å². The van der Waals surface area contributed by atoms with Gasteiger partial charge in [-0.05, 0) is 0 Å². The van der Waals surface area contributed by atoms with Gasteiger partial charge in [0.25, 0.3) is 0 Å². The Balaban J connectivity index is -0.00000180. The summed E-state index contributed by atoms with van der Waals surface area (Å²) in [5.41, 5.74) is 0. The predicted octanol–water partition coefficient (Wildman–Crippen LogP) is -1.26. The Bertz CT molecular complexity index is 327. The molecule has 0 aromatic heterocycles. The van der Waals surface area contributed by atoms with Crippen LogP contribution in [0.15, 0.2) is 0 Å². The largest absolute Gasteiger partial charge is 0.333 e. The molecular weight excluding hydrogens is 355 g/mol. The van der Waals surface area contributed by atoms with E-state index < -0.39 is 23.9 Å².